The minimum atomic E-state index is -0.197. The van der Waals surface area contributed by atoms with Crippen LogP contribution in [-0.2, 0) is 5.41 Å². The van der Waals surface area contributed by atoms with Gasteiger partial charge in [-0.1, -0.05) is 178 Å². The average molecular weight is 705 g/mol. The van der Waals surface area contributed by atoms with Gasteiger partial charge in [-0.15, -0.1) is 0 Å². The monoisotopic (exact) mass is 704 g/mol. The summed E-state index contributed by atoms with van der Waals surface area (Å²) in [4.78, 5) is 4.94. The molecule has 1 aliphatic heterocycles. The molecule has 0 N–H and O–H groups in total. The Morgan fingerprint density at radius 3 is 1.82 bits per heavy atom. The second-order valence-corrected chi connectivity index (χ2v) is 15.0. The Morgan fingerprint density at radius 1 is 0.400 bits per heavy atom. The normalized spacial score (nSPS) is 13.0. The number of hydrogen-bond acceptors (Lipinski definition) is 2. The highest BCUT2D eigenvalue weighted by Crippen LogP contribution is 2.56. The van der Waals surface area contributed by atoms with E-state index in [1.54, 1.807) is 0 Å². The maximum absolute atomic E-state index is 2.55. The van der Waals surface area contributed by atoms with Gasteiger partial charge in [0, 0.05) is 33.1 Å². The molecule has 2 heteroatoms. The number of nitrogens with zero attached hydrogens (tertiary/aromatic N) is 2. The van der Waals surface area contributed by atoms with Gasteiger partial charge in [0.05, 0.1) is 22.7 Å². The molecule has 9 aromatic carbocycles. The first-order valence-corrected chi connectivity index (χ1v) is 19.1. The summed E-state index contributed by atoms with van der Waals surface area (Å²) in [5.41, 5.74) is 14.1. The van der Waals surface area contributed by atoms with Crippen molar-refractivity contribution in [3.05, 3.63) is 217 Å². The maximum Gasteiger partial charge on any atom is 0.0618 e. The Labute approximate surface area is 323 Å². The van der Waals surface area contributed by atoms with Gasteiger partial charge in [0.2, 0.25) is 0 Å². The van der Waals surface area contributed by atoms with Crippen molar-refractivity contribution in [3.63, 3.8) is 0 Å². The fourth-order valence-corrected chi connectivity index (χ4v) is 8.72. The van der Waals surface area contributed by atoms with E-state index in [1.165, 1.54) is 66.4 Å². The maximum atomic E-state index is 2.55. The summed E-state index contributed by atoms with van der Waals surface area (Å²) in [7, 11) is 0. The first-order chi connectivity index (χ1) is 27.1. The number of para-hydroxylation sites is 2. The third kappa shape index (κ3) is 5.49. The summed E-state index contributed by atoms with van der Waals surface area (Å²) in [5.74, 6) is 0. The third-order valence-electron chi connectivity index (χ3n) is 11.4. The van der Waals surface area contributed by atoms with Gasteiger partial charge in [-0.3, -0.25) is 0 Å². The zero-order chi connectivity index (χ0) is 36.9. The molecule has 0 amide bonds. The molecule has 10 rings (SSSR count). The molecule has 0 spiro atoms. The lowest BCUT2D eigenvalue weighted by molar-refractivity contribution is 0.632. The van der Waals surface area contributed by atoms with E-state index in [1.807, 2.05) is 0 Å². The number of fused-ring (bicyclic) bond motifs is 4. The van der Waals surface area contributed by atoms with Crippen molar-refractivity contribution in [2.75, 3.05) is 9.80 Å². The molecule has 0 atom stereocenters. The standard InChI is InChI=1S/C53H40N2/c1-53(2)47-28-13-14-29-50(47)55(51-36-40(32-34-48(51)53)37-17-5-3-6-18-37)52-45-27-12-10-20-39(45)31-33-46(52)41-22-15-25-43(35-41)54(42-23-7-4-8-24-42)49-30-16-21-38-19-9-11-26-44(38)49/h3-36H,1-2H3. The smallest absolute Gasteiger partial charge is 0.0618 e. The topological polar surface area (TPSA) is 6.48 Å². The molecule has 2 nitrogen and oxygen atoms in total. The lowest BCUT2D eigenvalue weighted by atomic mass is 9.73. The fraction of sp³-hybridized carbons (Fsp3) is 0.0566. The van der Waals surface area contributed by atoms with Gasteiger partial charge in [-0.25, -0.2) is 0 Å². The molecule has 9 aromatic rings. The summed E-state index contributed by atoms with van der Waals surface area (Å²) in [6.07, 6.45) is 0. The van der Waals surface area contributed by atoms with Crippen LogP contribution in [0.15, 0.2) is 206 Å². The minimum absolute atomic E-state index is 0.197. The Balaban J connectivity index is 1.23. The van der Waals surface area contributed by atoms with E-state index in [-0.39, 0.29) is 5.41 Å². The van der Waals surface area contributed by atoms with Gasteiger partial charge in [0.25, 0.3) is 0 Å². The van der Waals surface area contributed by atoms with Crippen molar-refractivity contribution in [2.24, 2.45) is 0 Å². The van der Waals surface area contributed by atoms with Gasteiger partial charge in [0.1, 0.15) is 0 Å². The molecule has 0 saturated heterocycles. The number of benzene rings is 9. The highest BCUT2D eigenvalue weighted by atomic mass is 15.2. The summed E-state index contributed by atoms with van der Waals surface area (Å²) in [5, 5.41) is 4.85. The third-order valence-corrected chi connectivity index (χ3v) is 11.4. The van der Waals surface area contributed by atoms with Crippen LogP contribution in [0.3, 0.4) is 0 Å². The van der Waals surface area contributed by atoms with Gasteiger partial charge < -0.3 is 9.80 Å². The highest BCUT2D eigenvalue weighted by Gasteiger charge is 2.38. The van der Waals surface area contributed by atoms with Crippen LogP contribution in [0.2, 0.25) is 0 Å². The summed E-state index contributed by atoms with van der Waals surface area (Å²) >= 11 is 0. The molecule has 1 aliphatic rings. The second kappa shape index (κ2) is 13.2. The van der Waals surface area contributed by atoms with Crippen LogP contribution in [0.25, 0.3) is 43.8 Å². The molecule has 0 unspecified atom stereocenters. The van der Waals surface area contributed by atoms with Crippen molar-refractivity contribution in [2.45, 2.75) is 19.3 Å². The van der Waals surface area contributed by atoms with E-state index >= 15 is 0 Å². The Bertz CT molecular complexity index is 2850. The van der Waals surface area contributed by atoms with Crippen LogP contribution < -0.4 is 9.80 Å². The first-order valence-electron chi connectivity index (χ1n) is 19.1. The second-order valence-electron chi connectivity index (χ2n) is 15.0. The van der Waals surface area contributed by atoms with Crippen molar-refractivity contribution in [3.8, 4) is 22.3 Å². The molecule has 0 fully saturated rings. The quantitative estimate of drug-likeness (QED) is 0.170. The largest absolute Gasteiger partial charge is 0.310 e. The van der Waals surface area contributed by atoms with Gasteiger partial charge >= 0.3 is 0 Å². The Kier molecular flexibility index (Phi) is 7.85. The molecular weight excluding hydrogens is 665 g/mol. The Hall–Kier alpha value is -6.90. The van der Waals surface area contributed by atoms with E-state index in [9.17, 15) is 0 Å². The lowest BCUT2D eigenvalue weighted by Gasteiger charge is -2.43. The summed E-state index contributed by atoms with van der Waals surface area (Å²) < 4.78 is 0. The Morgan fingerprint density at radius 2 is 1.00 bits per heavy atom. The highest BCUT2D eigenvalue weighted by molar-refractivity contribution is 6.08. The number of rotatable bonds is 6. The number of anilines is 6. The zero-order valence-electron chi connectivity index (χ0n) is 31.0. The average Bonchev–Trinajstić information content (AvgIpc) is 3.25. The SMILES string of the molecule is CC1(C)c2ccccc2N(c2c(-c3cccc(N(c4ccccc4)c4cccc5ccccc45)c3)ccc3ccccc23)c2cc(-c3ccccc3)ccc21. The van der Waals surface area contributed by atoms with E-state index in [4.69, 9.17) is 0 Å². The molecule has 55 heavy (non-hydrogen) atoms. The van der Waals surface area contributed by atoms with Crippen molar-refractivity contribution in [1.82, 2.24) is 0 Å². The minimum Gasteiger partial charge on any atom is -0.310 e. The number of hydrogen-bond donors (Lipinski definition) is 0. The molecule has 0 aliphatic carbocycles. The lowest BCUT2D eigenvalue weighted by Crippen LogP contribution is -2.31. The van der Waals surface area contributed by atoms with Gasteiger partial charge in [-0.05, 0) is 81.1 Å². The molecule has 0 aromatic heterocycles. The van der Waals surface area contributed by atoms with Crippen LogP contribution in [0.5, 0.6) is 0 Å². The predicted octanol–water partition coefficient (Wildman–Crippen LogP) is 14.9. The first kappa shape index (κ1) is 32.7. The van der Waals surface area contributed by atoms with Crippen LogP contribution in [0.4, 0.5) is 34.1 Å². The summed E-state index contributed by atoms with van der Waals surface area (Å²) in [6.45, 7) is 4.73. The molecule has 262 valence electrons. The van der Waals surface area contributed by atoms with Gasteiger partial charge in [-0.2, -0.15) is 0 Å². The van der Waals surface area contributed by atoms with Crippen molar-refractivity contribution >= 4 is 55.7 Å². The van der Waals surface area contributed by atoms with E-state index in [0.717, 1.165) is 22.6 Å². The fourth-order valence-electron chi connectivity index (χ4n) is 8.72. The van der Waals surface area contributed by atoms with Crippen LogP contribution >= 0.6 is 0 Å². The van der Waals surface area contributed by atoms with E-state index < -0.39 is 0 Å². The molecule has 0 radical (unpaired) electrons. The van der Waals surface area contributed by atoms with Crippen LogP contribution in [0.1, 0.15) is 25.0 Å². The molecule has 0 bridgehead atoms. The van der Waals surface area contributed by atoms with Crippen molar-refractivity contribution in [1.29, 1.82) is 0 Å². The zero-order valence-corrected chi connectivity index (χ0v) is 31.0. The predicted molar refractivity (Wildman–Crippen MR) is 234 cm³/mol. The van der Waals surface area contributed by atoms with Gasteiger partial charge in [0.15, 0.2) is 0 Å². The molecular formula is C53H40N2. The summed E-state index contributed by atoms with van der Waals surface area (Å²) in [6, 6.07) is 75.3. The van der Waals surface area contributed by atoms with Crippen molar-refractivity contribution < 1.29 is 0 Å². The van der Waals surface area contributed by atoms with Crippen LogP contribution in [-0.4, -0.2) is 0 Å². The molecule has 1 heterocycles. The van der Waals surface area contributed by atoms with E-state index in [2.05, 4.69) is 230 Å². The van der Waals surface area contributed by atoms with E-state index in [0.29, 0.717) is 0 Å². The molecule has 0 saturated carbocycles. The van der Waals surface area contributed by atoms with Crippen LogP contribution in [0, 0.1) is 0 Å².